The molecule has 3 rings (SSSR count). The molecule has 7 heteroatoms. The van der Waals surface area contributed by atoms with Crippen molar-refractivity contribution in [2.24, 2.45) is 0 Å². The van der Waals surface area contributed by atoms with Gasteiger partial charge in [-0.05, 0) is 61.5 Å². The highest BCUT2D eigenvalue weighted by Crippen LogP contribution is 2.36. The van der Waals surface area contributed by atoms with Crippen LogP contribution < -0.4 is 9.47 Å². The number of hydrogen-bond acceptors (Lipinski definition) is 5. The summed E-state index contributed by atoms with van der Waals surface area (Å²) in [4.78, 5) is 26.8. The minimum atomic E-state index is -0.297. The van der Waals surface area contributed by atoms with Crippen molar-refractivity contribution in [3.63, 3.8) is 0 Å². The standard InChI is InChI=1S/C21H20BrNO4S/c1-3-26-17-10-7-15(18(12-17)27-4-2)11-19-20(24)23(21(25)28-19)13-14-5-8-16(22)9-6-14/h5-12H,3-4,13H2,1-2H3/b19-11-. The Morgan fingerprint density at radius 1 is 1.04 bits per heavy atom. The molecule has 0 aromatic heterocycles. The molecule has 0 N–H and O–H groups in total. The van der Waals surface area contributed by atoms with Gasteiger partial charge in [0.1, 0.15) is 11.5 Å². The van der Waals surface area contributed by atoms with E-state index >= 15 is 0 Å². The summed E-state index contributed by atoms with van der Waals surface area (Å²) in [5.74, 6) is 1.02. The van der Waals surface area contributed by atoms with Gasteiger partial charge in [0.25, 0.3) is 11.1 Å². The van der Waals surface area contributed by atoms with Gasteiger partial charge in [0, 0.05) is 16.1 Å². The predicted molar refractivity (Wildman–Crippen MR) is 114 cm³/mol. The number of thioether (sulfide) groups is 1. The van der Waals surface area contributed by atoms with Crippen LogP contribution in [0.3, 0.4) is 0 Å². The predicted octanol–water partition coefficient (Wildman–Crippen LogP) is 5.48. The van der Waals surface area contributed by atoms with Crippen LogP contribution in [0, 0.1) is 0 Å². The van der Waals surface area contributed by atoms with Gasteiger partial charge in [-0.25, -0.2) is 0 Å². The molecule has 0 saturated carbocycles. The summed E-state index contributed by atoms with van der Waals surface area (Å²) < 4.78 is 12.1. The van der Waals surface area contributed by atoms with E-state index in [1.165, 1.54) is 4.90 Å². The van der Waals surface area contributed by atoms with Crippen molar-refractivity contribution in [3.05, 3.63) is 63.0 Å². The molecule has 1 saturated heterocycles. The average molecular weight is 462 g/mol. The molecule has 0 spiro atoms. The van der Waals surface area contributed by atoms with Crippen LogP contribution in [0.25, 0.3) is 6.08 Å². The molecule has 1 aliphatic rings. The van der Waals surface area contributed by atoms with E-state index in [-0.39, 0.29) is 17.7 Å². The third kappa shape index (κ3) is 4.77. The minimum Gasteiger partial charge on any atom is -0.494 e. The van der Waals surface area contributed by atoms with Crippen molar-refractivity contribution in [2.45, 2.75) is 20.4 Å². The largest absolute Gasteiger partial charge is 0.494 e. The van der Waals surface area contributed by atoms with E-state index in [2.05, 4.69) is 15.9 Å². The van der Waals surface area contributed by atoms with Gasteiger partial charge < -0.3 is 9.47 Å². The van der Waals surface area contributed by atoms with E-state index < -0.39 is 0 Å². The molecule has 2 amide bonds. The van der Waals surface area contributed by atoms with E-state index in [0.717, 1.165) is 27.4 Å². The zero-order valence-corrected chi connectivity index (χ0v) is 18.0. The number of ether oxygens (including phenoxy) is 2. The van der Waals surface area contributed by atoms with Gasteiger partial charge in [0.2, 0.25) is 0 Å². The normalized spacial score (nSPS) is 15.4. The Bertz CT molecular complexity index is 911. The minimum absolute atomic E-state index is 0.247. The van der Waals surface area contributed by atoms with Gasteiger partial charge in [-0.15, -0.1) is 0 Å². The SMILES string of the molecule is CCOc1ccc(/C=C2\SC(=O)N(Cc3ccc(Br)cc3)C2=O)c(OCC)c1. The first-order valence-electron chi connectivity index (χ1n) is 8.91. The third-order valence-electron chi connectivity index (χ3n) is 4.01. The molecule has 1 fully saturated rings. The van der Waals surface area contributed by atoms with Crippen molar-refractivity contribution in [1.29, 1.82) is 0 Å². The maximum absolute atomic E-state index is 12.8. The molecule has 28 heavy (non-hydrogen) atoms. The second kappa shape index (κ2) is 9.30. The fourth-order valence-corrected chi connectivity index (χ4v) is 3.81. The van der Waals surface area contributed by atoms with Crippen molar-refractivity contribution >= 4 is 44.9 Å². The monoisotopic (exact) mass is 461 g/mol. The number of nitrogens with zero attached hydrogens (tertiary/aromatic N) is 1. The fraction of sp³-hybridized carbons (Fsp3) is 0.238. The van der Waals surface area contributed by atoms with Crippen molar-refractivity contribution in [3.8, 4) is 11.5 Å². The van der Waals surface area contributed by atoms with E-state index in [1.807, 2.05) is 50.2 Å². The molecule has 5 nitrogen and oxygen atoms in total. The topological polar surface area (TPSA) is 55.8 Å². The molecule has 0 radical (unpaired) electrons. The van der Waals surface area contributed by atoms with Crippen LogP contribution in [-0.4, -0.2) is 29.3 Å². The maximum atomic E-state index is 12.8. The highest BCUT2D eigenvalue weighted by atomic mass is 79.9. The zero-order chi connectivity index (χ0) is 20.1. The fourth-order valence-electron chi connectivity index (χ4n) is 2.72. The molecule has 146 valence electrons. The highest BCUT2D eigenvalue weighted by Gasteiger charge is 2.35. The lowest BCUT2D eigenvalue weighted by atomic mass is 10.1. The molecule has 0 unspecified atom stereocenters. The van der Waals surface area contributed by atoms with E-state index in [1.54, 1.807) is 12.1 Å². The highest BCUT2D eigenvalue weighted by molar-refractivity contribution is 9.10. The summed E-state index contributed by atoms with van der Waals surface area (Å²) in [6.45, 7) is 5.09. The molecular weight excluding hydrogens is 442 g/mol. The van der Waals surface area contributed by atoms with Crippen LogP contribution in [0.1, 0.15) is 25.0 Å². The first-order chi connectivity index (χ1) is 13.5. The van der Waals surface area contributed by atoms with Gasteiger partial charge >= 0.3 is 0 Å². The first kappa shape index (κ1) is 20.5. The number of amides is 2. The maximum Gasteiger partial charge on any atom is 0.293 e. The third-order valence-corrected chi connectivity index (χ3v) is 5.45. The van der Waals surface area contributed by atoms with Crippen molar-refractivity contribution in [2.75, 3.05) is 13.2 Å². The Balaban J connectivity index is 1.83. The summed E-state index contributed by atoms with van der Waals surface area (Å²) >= 11 is 4.32. The van der Waals surface area contributed by atoms with Gasteiger partial charge in [-0.1, -0.05) is 28.1 Å². The second-order valence-corrected chi connectivity index (χ2v) is 7.87. The molecule has 0 atom stereocenters. The van der Waals surface area contributed by atoms with E-state index in [9.17, 15) is 9.59 Å². The Labute approximate surface area is 176 Å². The number of benzene rings is 2. The Hall–Kier alpha value is -2.25. The average Bonchev–Trinajstić information content (AvgIpc) is 2.93. The number of rotatable bonds is 7. The number of halogens is 1. The number of imide groups is 1. The summed E-state index contributed by atoms with van der Waals surface area (Å²) in [6.07, 6.45) is 1.70. The summed E-state index contributed by atoms with van der Waals surface area (Å²) in [6, 6.07) is 13.0. The number of carbonyl (C=O) groups excluding carboxylic acids is 2. The number of carbonyl (C=O) groups is 2. The van der Waals surface area contributed by atoms with E-state index in [4.69, 9.17) is 9.47 Å². The van der Waals surface area contributed by atoms with Crippen LogP contribution in [-0.2, 0) is 11.3 Å². The molecule has 1 heterocycles. The van der Waals surface area contributed by atoms with Crippen LogP contribution in [0.5, 0.6) is 11.5 Å². The molecule has 1 aliphatic heterocycles. The van der Waals surface area contributed by atoms with Gasteiger partial charge in [-0.2, -0.15) is 0 Å². The molecular formula is C21H20BrNO4S. The van der Waals surface area contributed by atoms with Crippen molar-refractivity contribution < 1.29 is 19.1 Å². The smallest absolute Gasteiger partial charge is 0.293 e. The summed E-state index contributed by atoms with van der Waals surface area (Å²) in [5, 5.41) is -0.275. The second-order valence-electron chi connectivity index (χ2n) is 5.96. The lowest BCUT2D eigenvalue weighted by Crippen LogP contribution is -2.27. The molecule has 2 aromatic carbocycles. The first-order valence-corrected chi connectivity index (χ1v) is 10.5. The molecule has 0 aliphatic carbocycles. The Morgan fingerprint density at radius 3 is 2.43 bits per heavy atom. The van der Waals surface area contributed by atoms with Gasteiger partial charge in [0.05, 0.1) is 24.7 Å². The van der Waals surface area contributed by atoms with Gasteiger partial charge in [-0.3, -0.25) is 14.5 Å². The molecule has 0 bridgehead atoms. The lowest BCUT2D eigenvalue weighted by Gasteiger charge is -2.12. The van der Waals surface area contributed by atoms with Crippen LogP contribution in [0.2, 0.25) is 0 Å². The number of hydrogen-bond donors (Lipinski definition) is 0. The lowest BCUT2D eigenvalue weighted by molar-refractivity contribution is -0.123. The van der Waals surface area contributed by atoms with Crippen molar-refractivity contribution in [1.82, 2.24) is 4.90 Å². The Morgan fingerprint density at radius 2 is 1.75 bits per heavy atom. The van der Waals surface area contributed by atoms with Crippen LogP contribution >= 0.6 is 27.7 Å². The quantitative estimate of drug-likeness (QED) is 0.510. The summed E-state index contributed by atoms with van der Waals surface area (Å²) in [7, 11) is 0. The zero-order valence-electron chi connectivity index (χ0n) is 15.6. The van der Waals surface area contributed by atoms with Crippen LogP contribution in [0.4, 0.5) is 4.79 Å². The molecule has 2 aromatic rings. The van der Waals surface area contributed by atoms with E-state index in [0.29, 0.717) is 29.6 Å². The van der Waals surface area contributed by atoms with Gasteiger partial charge in [0.15, 0.2) is 0 Å². The van der Waals surface area contributed by atoms with Crippen LogP contribution in [0.15, 0.2) is 51.8 Å². The Kier molecular flexibility index (Phi) is 6.80. The summed E-state index contributed by atoms with van der Waals surface area (Å²) in [5.41, 5.74) is 1.63.